The maximum absolute atomic E-state index is 10.3. The molecule has 94 valence electrons. The molecular weight excluding hydrogens is 212 g/mol. The molecule has 0 amide bonds. The molecule has 1 aromatic rings. The lowest BCUT2D eigenvalue weighted by Crippen LogP contribution is -2.30. The monoisotopic (exact) mass is 234 g/mol. The second-order valence-corrected chi connectivity index (χ2v) is 4.81. The molecule has 0 radical (unpaired) electrons. The van der Waals surface area contributed by atoms with Crippen LogP contribution in [0.1, 0.15) is 30.1 Å². The van der Waals surface area contributed by atoms with Gasteiger partial charge in [0.1, 0.15) is 0 Å². The summed E-state index contributed by atoms with van der Waals surface area (Å²) in [5.41, 5.74) is 7.80. The van der Waals surface area contributed by atoms with Crippen molar-refractivity contribution in [3.05, 3.63) is 35.4 Å². The Bertz CT molecular complexity index is 331. The number of hydrogen-bond donors (Lipinski definition) is 3. The zero-order valence-electron chi connectivity index (χ0n) is 10.2. The first-order chi connectivity index (χ1) is 8.31. The minimum absolute atomic E-state index is 0.316. The predicted octanol–water partition coefficient (Wildman–Crippen LogP) is 1.22. The molecule has 4 N–H and O–H groups in total. The van der Waals surface area contributed by atoms with Crippen molar-refractivity contribution in [2.45, 2.75) is 25.4 Å². The molecule has 1 aromatic carbocycles. The number of aliphatic hydroxyl groups excluding tert-OH is 1. The van der Waals surface area contributed by atoms with E-state index >= 15 is 0 Å². The lowest BCUT2D eigenvalue weighted by Gasteiger charge is -2.27. The van der Waals surface area contributed by atoms with Crippen molar-refractivity contribution in [3.63, 3.8) is 0 Å². The maximum atomic E-state index is 10.3. The first-order valence-electron chi connectivity index (χ1n) is 6.49. The van der Waals surface area contributed by atoms with Crippen LogP contribution in [-0.2, 0) is 6.42 Å². The minimum Gasteiger partial charge on any atom is -0.388 e. The van der Waals surface area contributed by atoms with Gasteiger partial charge >= 0.3 is 0 Å². The Morgan fingerprint density at radius 1 is 1.24 bits per heavy atom. The molecule has 0 saturated carbocycles. The summed E-state index contributed by atoms with van der Waals surface area (Å²) in [4.78, 5) is 0. The molecule has 0 bridgehead atoms. The number of hydrogen-bond acceptors (Lipinski definition) is 3. The third-order valence-electron chi connectivity index (χ3n) is 3.58. The van der Waals surface area contributed by atoms with Crippen LogP contribution in [0.4, 0.5) is 0 Å². The highest BCUT2D eigenvalue weighted by atomic mass is 16.3. The lowest BCUT2D eigenvalue weighted by atomic mass is 9.88. The van der Waals surface area contributed by atoms with E-state index < -0.39 is 0 Å². The first kappa shape index (κ1) is 12.6. The van der Waals surface area contributed by atoms with E-state index in [0.717, 1.165) is 37.9 Å². The zero-order chi connectivity index (χ0) is 12.1. The Hall–Kier alpha value is -0.900. The standard InChI is InChI=1S/C14H22N2O/c15-8-5-11-1-3-12(4-2-11)14(17)13-6-9-16-10-7-13/h1-4,13-14,16-17H,5-10,15H2. The van der Waals surface area contributed by atoms with Gasteiger partial charge < -0.3 is 16.2 Å². The van der Waals surface area contributed by atoms with E-state index in [-0.39, 0.29) is 6.10 Å². The van der Waals surface area contributed by atoms with Gasteiger partial charge in [-0.3, -0.25) is 0 Å². The van der Waals surface area contributed by atoms with Gasteiger partial charge in [-0.25, -0.2) is 0 Å². The summed E-state index contributed by atoms with van der Waals surface area (Å²) in [6.45, 7) is 2.72. The first-order valence-corrected chi connectivity index (χ1v) is 6.49. The molecule has 1 unspecified atom stereocenters. The summed E-state index contributed by atoms with van der Waals surface area (Å²) in [5, 5.41) is 13.6. The van der Waals surface area contributed by atoms with Crippen LogP contribution in [-0.4, -0.2) is 24.7 Å². The van der Waals surface area contributed by atoms with Gasteiger partial charge in [-0.1, -0.05) is 24.3 Å². The van der Waals surface area contributed by atoms with Crippen molar-refractivity contribution >= 4 is 0 Å². The molecule has 0 spiro atoms. The summed E-state index contributed by atoms with van der Waals surface area (Å²) in [6.07, 6.45) is 2.71. The number of rotatable bonds is 4. The fourth-order valence-electron chi connectivity index (χ4n) is 2.48. The normalized spacial score (nSPS) is 19.2. The van der Waals surface area contributed by atoms with E-state index in [1.165, 1.54) is 5.56 Å². The summed E-state index contributed by atoms with van der Waals surface area (Å²) >= 11 is 0. The summed E-state index contributed by atoms with van der Waals surface area (Å²) in [5.74, 6) is 0.400. The van der Waals surface area contributed by atoms with Crippen molar-refractivity contribution in [2.24, 2.45) is 11.7 Å². The molecule has 0 aliphatic carbocycles. The van der Waals surface area contributed by atoms with Crippen LogP contribution in [0.2, 0.25) is 0 Å². The number of benzene rings is 1. The Balaban J connectivity index is 2.00. The van der Waals surface area contributed by atoms with Gasteiger partial charge in [-0.05, 0) is 55.9 Å². The van der Waals surface area contributed by atoms with Crippen molar-refractivity contribution < 1.29 is 5.11 Å². The van der Waals surface area contributed by atoms with Crippen LogP contribution >= 0.6 is 0 Å². The van der Waals surface area contributed by atoms with Gasteiger partial charge in [-0.2, -0.15) is 0 Å². The highest BCUT2D eigenvalue weighted by Gasteiger charge is 2.22. The van der Waals surface area contributed by atoms with Crippen LogP contribution in [0.15, 0.2) is 24.3 Å². The van der Waals surface area contributed by atoms with E-state index in [1.807, 2.05) is 12.1 Å². The van der Waals surface area contributed by atoms with E-state index in [2.05, 4.69) is 17.4 Å². The van der Waals surface area contributed by atoms with E-state index in [1.54, 1.807) is 0 Å². The van der Waals surface area contributed by atoms with Crippen LogP contribution in [0.5, 0.6) is 0 Å². The number of piperidine rings is 1. The van der Waals surface area contributed by atoms with Gasteiger partial charge in [0.2, 0.25) is 0 Å². The summed E-state index contributed by atoms with van der Waals surface area (Å²) in [6, 6.07) is 8.23. The molecule has 1 heterocycles. The third kappa shape index (κ3) is 3.28. The van der Waals surface area contributed by atoms with Gasteiger partial charge in [0.15, 0.2) is 0 Å². The van der Waals surface area contributed by atoms with E-state index in [4.69, 9.17) is 5.73 Å². The van der Waals surface area contributed by atoms with Crippen LogP contribution in [0.3, 0.4) is 0 Å². The van der Waals surface area contributed by atoms with Crippen molar-refractivity contribution in [3.8, 4) is 0 Å². The Morgan fingerprint density at radius 2 is 1.88 bits per heavy atom. The van der Waals surface area contributed by atoms with Crippen LogP contribution in [0, 0.1) is 5.92 Å². The average Bonchev–Trinajstić information content (AvgIpc) is 2.40. The third-order valence-corrected chi connectivity index (χ3v) is 3.58. The molecule has 2 rings (SSSR count). The number of nitrogens with one attached hydrogen (secondary N) is 1. The largest absolute Gasteiger partial charge is 0.388 e. The maximum Gasteiger partial charge on any atom is 0.0819 e. The molecule has 3 nitrogen and oxygen atoms in total. The quantitative estimate of drug-likeness (QED) is 0.734. The molecule has 3 heteroatoms. The molecule has 1 saturated heterocycles. The van der Waals surface area contributed by atoms with E-state index in [9.17, 15) is 5.11 Å². The zero-order valence-corrected chi connectivity index (χ0v) is 10.2. The average molecular weight is 234 g/mol. The molecule has 1 atom stereocenters. The topological polar surface area (TPSA) is 58.3 Å². The molecule has 1 fully saturated rings. The molecule has 1 aliphatic heterocycles. The second-order valence-electron chi connectivity index (χ2n) is 4.81. The summed E-state index contributed by atoms with van der Waals surface area (Å²) in [7, 11) is 0. The molecule has 0 aromatic heterocycles. The number of nitrogens with two attached hydrogens (primary N) is 1. The Kier molecular flexibility index (Phi) is 4.54. The smallest absolute Gasteiger partial charge is 0.0819 e. The van der Waals surface area contributed by atoms with Gasteiger partial charge in [-0.15, -0.1) is 0 Å². The SMILES string of the molecule is NCCc1ccc(C(O)C2CCNCC2)cc1. The van der Waals surface area contributed by atoms with Gasteiger partial charge in [0.05, 0.1) is 6.10 Å². The Morgan fingerprint density at radius 3 is 2.47 bits per heavy atom. The molecule has 17 heavy (non-hydrogen) atoms. The summed E-state index contributed by atoms with van der Waals surface area (Å²) < 4.78 is 0. The van der Waals surface area contributed by atoms with Gasteiger partial charge in [0.25, 0.3) is 0 Å². The van der Waals surface area contributed by atoms with Crippen molar-refractivity contribution in [1.29, 1.82) is 0 Å². The second kappa shape index (κ2) is 6.15. The van der Waals surface area contributed by atoms with E-state index in [0.29, 0.717) is 12.5 Å². The predicted molar refractivity (Wildman–Crippen MR) is 69.8 cm³/mol. The highest BCUT2D eigenvalue weighted by Crippen LogP contribution is 2.28. The highest BCUT2D eigenvalue weighted by molar-refractivity contribution is 5.25. The molecular formula is C14H22N2O. The fraction of sp³-hybridized carbons (Fsp3) is 0.571. The van der Waals surface area contributed by atoms with Crippen LogP contribution in [0.25, 0.3) is 0 Å². The Labute approximate surface area is 103 Å². The minimum atomic E-state index is -0.316. The van der Waals surface area contributed by atoms with Gasteiger partial charge in [0, 0.05) is 0 Å². The lowest BCUT2D eigenvalue weighted by molar-refractivity contribution is 0.0889. The van der Waals surface area contributed by atoms with Crippen LogP contribution < -0.4 is 11.1 Å². The molecule has 1 aliphatic rings. The number of aliphatic hydroxyl groups is 1. The van der Waals surface area contributed by atoms with Crippen molar-refractivity contribution in [2.75, 3.05) is 19.6 Å². The van der Waals surface area contributed by atoms with Crippen molar-refractivity contribution in [1.82, 2.24) is 5.32 Å². The fourth-order valence-corrected chi connectivity index (χ4v) is 2.48.